The van der Waals surface area contributed by atoms with Crippen molar-refractivity contribution in [1.29, 1.82) is 0 Å². The van der Waals surface area contributed by atoms with Gasteiger partial charge in [0.25, 0.3) is 5.56 Å². The average molecular weight is 339 g/mol. The van der Waals surface area contributed by atoms with Crippen molar-refractivity contribution >= 4 is 17.1 Å². The van der Waals surface area contributed by atoms with Crippen molar-refractivity contribution in [3.63, 3.8) is 0 Å². The summed E-state index contributed by atoms with van der Waals surface area (Å²) < 4.78 is 8.36. The van der Waals surface area contributed by atoms with Gasteiger partial charge in [-0.15, -0.1) is 0 Å². The zero-order chi connectivity index (χ0) is 17.9. The number of aryl methyl sites for hydroxylation is 1. The first-order valence-electron chi connectivity index (χ1n) is 8.04. The lowest BCUT2D eigenvalue weighted by Crippen LogP contribution is -2.29. The molecule has 2 aromatic heterocycles. The highest BCUT2D eigenvalue weighted by molar-refractivity contribution is 5.74. The van der Waals surface area contributed by atoms with Crippen LogP contribution >= 0.6 is 0 Å². The number of hydrogen-bond acceptors (Lipinski definition) is 6. The summed E-state index contributed by atoms with van der Waals surface area (Å²) in [7, 11) is 1.54. The second kappa shape index (κ2) is 7.63. The maximum atomic E-state index is 12.2. The van der Waals surface area contributed by atoms with Gasteiger partial charge in [-0.1, -0.05) is 0 Å². The van der Waals surface area contributed by atoms with E-state index in [1.807, 2.05) is 13.8 Å². The maximum Gasteiger partial charge on any atom is 0.329 e. The fraction of sp³-hybridized carbons (Fsp3) is 0.667. The quantitative estimate of drug-likeness (QED) is 0.585. The zero-order valence-corrected chi connectivity index (χ0v) is 14.5. The first-order chi connectivity index (χ1) is 11.3. The van der Waals surface area contributed by atoms with E-state index in [9.17, 15) is 14.7 Å². The molecule has 2 heterocycles. The van der Waals surface area contributed by atoms with E-state index in [1.54, 1.807) is 18.5 Å². The lowest BCUT2D eigenvalue weighted by molar-refractivity contribution is 0.0787. The van der Waals surface area contributed by atoms with E-state index >= 15 is 0 Å². The minimum atomic E-state index is -0.663. The molecule has 0 fully saturated rings. The normalized spacial score (nSPS) is 12.9. The predicted molar refractivity (Wildman–Crippen MR) is 91.5 cm³/mol. The van der Waals surface area contributed by atoms with E-state index in [1.165, 1.54) is 4.57 Å². The number of imidazole rings is 1. The molecule has 0 unspecified atom stereocenters. The summed E-state index contributed by atoms with van der Waals surface area (Å²) in [5.41, 5.74) is -0.493. The first kappa shape index (κ1) is 18.2. The van der Waals surface area contributed by atoms with Crippen molar-refractivity contribution in [3.05, 3.63) is 20.8 Å². The van der Waals surface area contributed by atoms with Gasteiger partial charge in [-0.3, -0.25) is 14.3 Å². The molecule has 0 aromatic carbocycles. The fourth-order valence-electron chi connectivity index (χ4n) is 2.40. The van der Waals surface area contributed by atoms with Crippen molar-refractivity contribution in [1.82, 2.24) is 19.1 Å². The molecule has 0 aliphatic heterocycles. The van der Waals surface area contributed by atoms with Crippen molar-refractivity contribution in [2.24, 2.45) is 7.05 Å². The number of hydrogen-bond donors (Lipinski definition) is 3. The van der Waals surface area contributed by atoms with Crippen LogP contribution in [0.1, 0.15) is 27.2 Å². The third-order valence-electron chi connectivity index (χ3n) is 3.51. The van der Waals surface area contributed by atoms with Crippen LogP contribution in [0.4, 0.5) is 5.95 Å². The van der Waals surface area contributed by atoms with Gasteiger partial charge >= 0.3 is 5.69 Å². The summed E-state index contributed by atoms with van der Waals surface area (Å²) in [5, 5.41) is 12.9. The van der Waals surface area contributed by atoms with Gasteiger partial charge in [-0.25, -0.2) is 4.79 Å². The SMILES string of the molecule is CC(C)OCCCNc1nc2c(c(=O)[nH]c(=O)n2C)n1C[C@H](C)O. The number of rotatable bonds is 8. The fourth-order valence-corrected chi connectivity index (χ4v) is 2.40. The van der Waals surface area contributed by atoms with Gasteiger partial charge in [-0.05, 0) is 27.2 Å². The Balaban J connectivity index is 2.31. The number of nitrogens with zero attached hydrogens (tertiary/aromatic N) is 3. The zero-order valence-electron chi connectivity index (χ0n) is 14.5. The van der Waals surface area contributed by atoms with Crippen LogP contribution in [-0.2, 0) is 18.3 Å². The van der Waals surface area contributed by atoms with E-state index in [0.29, 0.717) is 19.1 Å². The summed E-state index contributed by atoms with van der Waals surface area (Å²) in [6.45, 7) is 6.98. The molecule has 9 nitrogen and oxygen atoms in total. The molecule has 0 amide bonds. The Bertz CT molecular complexity index is 803. The number of fused-ring (bicyclic) bond motifs is 1. The summed E-state index contributed by atoms with van der Waals surface area (Å²) in [5.74, 6) is 0.446. The van der Waals surface area contributed by atoms with Crippen LogP contribution in [0, 0.1) is 0 Å². The molecule has 0 radical (unpaired) electrons. The number of H-pyrrole nitrogens is 1. The van der Waals surface area contributed by atoms with Crippen molar-refractivity contribution in [2.45, 2.75) is 45.9 Å². The summed E-state index contributed by atoms with van der Waals surface area (Å²) >= 11 is 0. The standard InChI is InChI=1S/C15H25N5O4/c1-9(2)24-7-5-6-16-14-17-12-11(20(14)8-10(3)21)13(22)18-15(23)19(12)4/h9-10,21H,5-8H2,1-4H3,(H,16,17)(H,18,22,23)/t10-/m0/s1. The van der Waals surface area contributed by atoms with Gasteiger partial charge in [0.15, 0.2) is 11.2 Å². The third kappa shape index (κ3) is 4.04. The van der Waals surface area contributed by atoms with Crippen LogP contribution in [0.3, 0.4) is 0 Å². The topological polar surface area (TPSA) is 114 Å². The van der Waals surface area contributed by atoms with Crippen LogP contribution in [0.5, 0.6) is 0 Å². The number of aromatic nitrogens is 4. The second-order valence-corrected chi connectivity index (χ2v) is 6.09. The highest BCUT2D eigenvalue weighted by atomic mass is 16.5. The van der Waals surface area contributed by atoms with Crippen LogP contribution in [0.25, 0.3) is 11.2 Å². The Morgan fingerprint density at radius 2 is 2.04 bits per heavy atom. The molecule has 0 spiro atoms. The van der Waals surface area contributed by atoms with Crippen LogP contribution in [-0.4, -0.2) is 49.6 Å². The van der Waals surface area contributed by atoms with E-state index in [4.69, 9.17) is 4.74 Å². The first-order valence-corrected chi connectivity index (χ1v) is 8.04. The van der Waals surface area contributed by atoms with Crippen molar-refractivity contribution < 1.29 is 9.84 Å². The minimum absolute atomic E-state index is 0.179. The molecule has 0 bridgehead atoms. The molecule has 3 N–H and O–H groups in total. The Hall–Kier alpha value is -2.13. The molecule has 1 atom stereocenters. The molecule has 0 saturated heterocycles. The molecule has 0 aliphatic carbocycles. The molecular weight excluding hydrogens is 314 g/mol. The summed E-state index contributed by atoms with van der Waals surface area (Å²) in [6.07, 6.45) is 0.285. The molecule has 0 aliphatic rings. The Kier molecular flexibility index (Phi) is 5.79. The molecule has 2 aromatic rings. The minimum Gasteiger partial charge on any atom is -0.392 e. The van der Waals surface area contributed by atoms with E-state index in [2.05, 4.69) is 15.3 Å². The van der Waals surface area contributed by atoms with Gasteiger partial charge in [0.05, 0.1) is 18.8 Å². The number of aliphatic hydroxyl groups is 1. The van der Waals surface area contributed by atoms with Crippen LogP contribution in [0.15, 0.2) is 9.59 Å². The highest BCUT2D eigenvalue weighted by Gasteiger charge is 2.18. The Morgan fingerprint density at radius 3 is 2.67 bits per heavy atom. The Labute approximate surface area is 139 Å². The Morgan fingerprint density at radius 1 is 1.33 bits per heavy atom. The second-order valence-electron chi connectivity index (χ2n) is 6.09. The monoisotopic (exact) mass is 339 g/mol. The molecule has 134 valence electrons. The third-order valence-corrected chi connectivity index (χ3v) is 3.51. The van der Waals surface area contributed by atoms with Crippen LogP contribution < -0.4 is 16.6 Å². The van der Waals surface area contributed by atoms with Gasteiger partial charge < -0.3 is 19.7 Å². The maximum absolute atomic E-state index is 12.2. The van der Waals surface area contributed by atoms with Crippen molar-refractivity contribution in [3.8, 4) is 0 Å². The van der Waals surface area contributed by atoms with Gasteiger partial charge in [-0.2, -0.15) is 4.98 Å². The van der Waals surface area contributed by atoms with E-state index < -0.39 is 17.4 Å². The smallest absolute Gasteiger partial charge is 0.329 e. The van der Waals surface area contributed by atoms with Crippen molar-refractivity contribution in [2.75, 3.05) is 18.5 Å². The van der Waals surface area contributed by atoms with E-state index in [0.717, 1.165) is 6.42 Å². The molecule has 0 saturated carbocycles. The molecule has 24 heavy (non-hydrogen) atoms. The lowest BCUT2D eigenvalue weighted by Gasteiger charge is -2.12. The number of ether oxygens (including phenoxy) is 1. The average Bonchev–Trinajstić information content (AvgIpc) is 2.83. The number of aromatic amines is 1. The molecule has 9 heteroatoms. The lowest BCUT2D eigenvalue weighted by atomic mass is 10.4. The van der Waals surface area contributed by atoms with Gasteiger partial charge in [0, 0.05) is 20.2 Å². The van der Waals surface area contributed by atoms with Gasteiger partial charge in [0.2, 0.25) is 5.95 Å². The number of anilines is 1. The summed E-state index contributed by atoms with van der Waals surface area (Å²) in [6, 6.07) is 0. The molecule has 2 rings (SSSR count). The summed E-state index contributed by atoms with van der Waals surface area (Å²) in [4.78, 5) is 30.5. The van der Waals surface area contributed by atoms with Crippen LogP contribution in [0.2, 0.25) is 0 Å². The predicted octanol–water partition coefficient (Wildman–Crippen LogP) is 0.0311. The largest absolute Gasteiger partial charge is 0.392 e. The molecular formula is C15H25N5O4. The number of aliphatic hydroxyl groups excluding tert-OH is 1. The highest BCUT2D eigenvalue weighted by Crippen LogP contribution is 2.16. The number of nitrogens with one attached hydrogen (secondary N) is 2. The van der Waals surface area contributed by atoms with Gasteiger partial charge in [0.1, 0.15) is 0 Å². The van der Waals surface area contributed by atoms with E-state index in [-0.39, 0.29) is 23.8 Å².